The second-order valence-corrected chi connectivity index (χ2v) is 2.45. The third-order valence-corrected chi connectivity index (χ3v) is 1.58. The van der Waals surface area contributed by atoms with Gasteiger partial charge in [0.1, 0.15) is 0 Å². The van der Waals surface area contributed by atoms with Crippen molar-refractivity contribution < 1.29 is 4.79 Å². The number of carbonyl (C=O) groups excluding carboxylic acids is 1. The van der Waals surface area contributed by atoms with Crippen molar-refractivity contribution in [3.8, 4) is 0 Å². The first-order valence-corrected chi connectivity index (χ1v) is 3.54. The summed E-state index contributed by atoms with van der Waals surface area (Å²) in [7, 11) is 3.15. The molecule has 0 radical (unpaired) electrons. The lowest BCUT2D eigenvalue weighted by Gasteiger charge is -2.00. The summed E-state index contributed by atoms with van der Waals surface area (Å²) in [6, 6.07) is 2.87. The highest BCUT2D eigenvalue weighted by Crippen LogP contribution is 1.93. The maximum atomic E-state index is 11.1. The van der Waals surface area contributed by atoms with Gasteiger partial charge in [0.05, 0.1) is 5.56 Å². The summed E-state index contributed by atoms with van der Waals surface area (Å²) >= 11 is 0. The van der Waals surface area contributed by atoms with Gasteiger partial charge in [-0.15, -0.1) is 0 Å². The standard InChI is InChI=1S/C8H10N2O2/c1-9-8(12)6-3-4-7(11)10(2)5-6/h3-5H,1-2H3,(H,9,12). The molecule has 0 aromatic carbocycles. The fourth-order valence-corrected chi connectivity index (χ4v) is 0.873. The number of nitrogens with zero attached hydrogens (tertiary/aromatic N) is 1. The van der Waals surface area contributed by atoms with Crippen LogP contribution in [0.2, 0.25) is 0 Å². The van der Waals surface area contributed by atoms with Gasteiger partial charge < -0.3 is 9.88 Å². The lowest BCUT2D eigenvalue weighted by molar-refractivity contribution is 0.0962. The average Bonchev–Trinajstić information content (AvgIpc) is 2.08. The summed E-state index contributed by atoms with van der Waals surface area (Å²) in [5, 5.41) is 2.47. The van der Waals surface area contributed by atoms with Gasteiger partial charge >= 0.3 is 0 Å². The van der Waals surface area contributed by atoms with Gasteiger partial charge in [-0.1, -0.05) is 0 Å². The SMILES string of the molecule is CNC(=O)c1ccc(=O)n(C)c1. The molecule has 1 rings (SSSR count). The van der Waals surface area contributed by atoms with Crippen LogP contribution in [-0.2, 0) is 7.05 Å². The van der Waals surface area contributed by atoms with E-state index in [2.05, 4.69) is 5.32 Å². The molecule has 1 N–H and O–H groups in total. The molecule has 0 unspecified atom stereocenters. The summed E-state index contributed by atoms with van der Waals surface area (Å²) in [5.41, 5.74) is 0.363. The number of aromatic nitrogens is 1. The van der Waals surface area contributed by atoms with Crippen molar-refractivity contribution in [2.24, 2.45) is 7.05 Å². The Hall–Kier alpha value is -1.58. The highest BCUT2D eigenvalue weighted by Gasteiger charge is 2.02. The van der Waals surface area contributed by atoms with Crippen LogP contribution < -0.4 is 10.9 Å². The molecule has 4 nitrogen and oxygen atoms in total. The first kappa shape index (κ1) is 8.52. The topological polar surface area (TPSA) is 51.1 Å². The molecule has 0 spiro atoms. The molecule has 0 aliphatic rings. The Balaban J connectivity index is 3.13. The smallest absolute Gasteiger partial charge is 0.252 e. The van der Waals surface area contributed by atoms with E-state index in [-0.39, 0.29) is 11.5 Å². The molecule has 0 aliphatic carbocycles. The maximum Gasteiger partial charge on any atom is 0.252 e. The van der Waals surface area contributed by atoms with E-state index in [1.165, 1.54) is 22.9 Å². The molecular weight excluding hydrogens is 156 g/mol. The number of nitrogens with one attached hydrogen (secondary N) is 1. The van der Waals surface area contributed by atoms with Crippen LogP contribution in [0, 0.1) is 0 Å². The van der Waals surface area contributed by atoms with Crippen LogP contribution >= 0.6 is 0 Å². The zero-order valence-corrected chi connectivity index (χ0v) is 7.00. The van der Waals surface area contributed by atoms with Crippen LogP contribution in [0.5, 0.6) is 0 Å². The number of aryl methyl sites for hydroxylation is 1. The van der Waals surface area contributed by atoms with E-state index in [1.807, 2.05) is 0 Å². The van der Waals surface area contributed by atoms with Gasteiger partial charge in [-0.3, -0.25) is 9.59 Å². The van der Waals surface area contributed by atoms with E-state index in [0.717, 1.165) is 0 Å². The normalized spacial score (nSPS) is 9.50. The number of carbonyl (C=O) groups is 1. The molecule has 0 atom stereocenters. The van der Waals surface area contributed by atoms with Crippen LogP contribution in [0.3, 0.4) is 0 Å². The molecule has 1 heterocycles. The Kier molecular flexibility index (Phi) is 2.28. The molecular formula is C8H10N2O2. The summed E-state index contributed by atoms with van der Waals surface area (Å²) in [6.45, 7) is 0. The van der Waals surface area contributed by atoms with Gasteiger partial charge in [0.25, 0.3) is 5.91 Å². The van der Waals surface area contributed by atoms with Gasteiger partial charge in [-0.2, -0.15) is 0 Å². The van der Waals surface area contributed by atoms with Crippen molar-refractivity contribution >= 4 is 5.91 Å². The summed E-state index contributed by atoms with van der Waals surface area (Å²) in [4.78, 5) is 22.0. The lowest BCUT2D eigenvalue weighted by Crippen LogP contribution is -2.22. The number of pyridine rings is 1. The molecule has 0 aliphatic heterocycles. The zero-order valence-electron chi connectivity index (χ0n) is 7.00. The van der Waals surface area contributed by atoms with Crippen molar-refractivity contribution in [3.63, 3.8) is 0 Å². The van der Waals surface area contributed by atoms with Crippen LogP contribution in [0.25, 0.3) is 0 Å². The lowest BCUT2D eigenvalue weighted by atomic mass is 10.3. The Morgan fingerprint density at radius 1 is 1.50 bits per heavy atom. The molecule has 0 saturated carbocycles. The van der Waals surface area contributed by atoms with Crippen LogP contribution in [0.4, 0.5) is 0 Å². The largest absolute Gasteiger partial charge is 0.355 e. The summed E-state index contributed by atoms with van der Waals surface area (Å²) < 4.78 is 1.37. The Labute approximate surface area is 69.8 Å². The first-order valence-electron chi connectivity index (χ1n) is 3.54. The predicted octanol–water partition coefficient (Wildman–Crippen LogP) is -0.255. The summed E-state index contributed by atoms with van der Waals surface area (Å²) in [6.07, 6.45) is 1.50. The highest BCUT2D eigenvalue weighted by atomic mass is 16.1. The zero-order chi connectivity index (χ0) is 9.14. The predicted molar refractivity (Wildman–Crippen MR) is 45.1 cm³/mol. The van der Waals surface area contributed by atoms with Gasteiger partial charge in [-0.05, 0) is 6.07 Å². The van der Waals surface area contributed by atoms with Crippen LogP contribution in [0.1, 0.15) is 10.4 Å². The Morgan fingerprint density at radius 2 is 2.17 bits per heavy atom. The molecule has 64 valence electrons. The van der Waals surface area contributed by atoms with Crippen molar-refractivity contribution in [2.75, 3.05) is 7.05 Å². The van der Waals surface area contributed by atoms with Crippen molar-refractivity contribution in [1.29, 1.82) is 0 Å². The van der Waals surface area contributed by atoms with Crippen molar-refractivity contribution in [1.82, 2.24) is 9.88 Å². The van der Waals surface area contributed by atoms with Gasteiger partial charge in [0.2, 0.25) is 5.56 Å². The monoisotopic (exact) mass is 166 g/mol. The van der Waals surface area contributed by atoms with E-state index in [4.69, 9.17) is 0 Å². The minimum Gasteiger partial charge on any atom is -0.355 e. The maximum absolute atomic E-state index is 11.1. The van der Waals surface area contributed by atoms with Crippen molar-refractivity contribution in [3.05, 3.63) is 34.2 Å². The number of hydrogen-bond donors (Lipinski definition) is 1. The quantitative estimate of drug-likeness (QED) is 0.625. The first-order chi connectivity index (χ1) is 5.65. The molecule has 12 heavy (non-hydrogen) atoms. The van der Waals surface area contributed by atoms with Gasteiger partial charge in [-0.25, -0.2) is 0 Å². The van der Waals surface area contributed by atoms with Crippen LogP contribution in [0.15, 0.2) is 23.1 Å². The Morgan fingerprint density at radius 3 is 2.67 bits per heavy atom. The van der Waals surface area contributed by atoms with Crippen molar-refractivity contribution in [2.45, 2.75) is 0 Å². The number of amides is 1. The van der Waals surface area contributed by atoms with Crippen LogP contribution in [-0.4, -0.2) is 17.5 Å². The fourth-order valence-electron chi connectivity index (χ4n) is 0.873. The molecule has 0 bridgehead atoms. The van der Waals surface area contributed by atoms with Gasteiger partial charge in [0, 0.05) is 26.4 Å². The van der Waals surface area contributed by atoms with E-state index >= 15 is 0 Å². The van der Waals surface area contributed by atoms with E-state index in [0.29, 0.717) is 5.56 Å². The fraction of sp³-hybridized carbons (Fsp3) is 0.250. The van der Waals surface area contributed by atoms with E-state index in [1.54, 1.807) is 14.1 Å². The van der Waals surface area contributed by atoms with E-state index in [9.17, 15) is 9.59 Å². The second-order valence-electron chi connectivity index (χ2n) is 2.45. The van der Waals surface area contributed by atoms with Gasteiger partial charge in [0.15, 0.2) is 0 Å². The average molecular weight is 166 g/mol. The molecule has 0 saturated heterocycles. The minimum absolute atomic E-state index is 0.123. The second kappa shape index (κ2) is 3.21. The molecule has 0 fully saturated rings. The third-order valence-electron chi connectivity index (χ3n) is 1.58. The highest BCUT2D eigenvalue weighted by molar-refractivity contribution is 5.93. The Bertz CT molecular complexity index is 354. The molecule has 1 aromatic heterocycles. The minimum atomic E-state index is -0.189. The number of rotatable bonds is 1. The molecule has 4 heteroatoms. The molecule has 1 aromatic rings. The molecule has 1 amide bonds. The number of hydrogen-bond acceptors (Lipinski definition) is 2. The summed E-state index contributed by atoms with van der Waals surface area (Å²) in [5.74, 6) is -0.189. The van der Waals surface area contributed by atoms with E-state index < -0.39 is 0 Å². The third kappa shape index (κ3) is 1.53.